The van der Waals surface area contributed by atoms with Gasteiger partial charge >= 0.3 is 0 Å². The van der Waals surface area contributed by atoms with E-state index in [4.69, 9.17) is 4.74 Å². The Morgan fingerprint density at radius 2 is 2.14 bits per heavy atom. The molecule has 28 heavy (non-hydrogen) atoms. The molecule has 146 valence electrons. The van der Waals surface area contributed by atoms with E-state index in [2.05, 4.69) is 44.5 Å². The van der Waals surface area contributed by atoms with E-state index in [0.717, 1.165) is 30.4 Å². The lowest BCUT2D eigenvalue weighted by Gasteiger charge is -2.34. The molecule has 1 saturated heterocycles. The Labute approximate surface area is 165 Å². The maximum absolute atomic E-state index is 12.8. The molecule has 1 aromatic carbocycles. The topological polar surface area (TPSA) is 67.3 Å². The van der Waals surface area contributed by atoms with Crippen LogP contribution in [0.5, 0.6) is 0 Å². The number of amides is 1. The average Bonchev–Trinajstić information content (AvgIpc) is 3.33. The van der Waals surface area contributed by atoms with Crippen LogP contribution in [-0.2, 0) is 28.2 Å². The fourth-order valence-corrected chi connectivity index (χ4v) is 4.53. The highest BCUT2D eigenvalue weighted by Gasteiger charge is 2.53. The molecular weight excluding hydrogens is 352 g/mol. The third kappa shape index (κ3) is 3.20. The van der Waals surface area contributed by atoms with Crippen molar-refractivity contribution in [3.8, 4) is 0 Å². The molecule has 5 rings (SSSR count). The first-order valence-electron chi connectivity index (χ1n) is 10.1. The quantitative estimate of drug-likeness (QED) is 0.865. The number of fused-ring (bicyclic) bond motifs is 2. The number of nitrogens with zero attached hydrogens (tertiary/aromatic N) is 3. The second kappa shape index (κ2) is 6.94. The fraction of sp³-hybridized carbons (Fsp3) is 0.500. The van der Waals surface area contributed by atoms with Crippen molar-refractivity contribution in [2.24, 2.45) is 5.92 Å². The highest BCUT2D eigenvalue weighted by atomic mass is 16.5. The zero-order valence-corrected chi connectivity index (χ0v) is 16.2. The molecule has 1 saturated carbocycles. The van der Waals surface area contributed by atoms with Gasteiger partial charge in [-0.25, -0.2) is 0 Å². The van der Waals surface area contributed by atoms with Crippen LogP contribution in [-0.4, -0.2) is 40.0 Å². The van der Waals surface area contributed by atoms with Crippen molar-refractivity contribution in [2.45, 2.75) is 50.9 Å². The van der Waals surface area contributed by atoms with E-state index >= 15 is 0 Å². The Morgan fingerprint density at radius 1 is 1.29 bits per heavy atom. The number of rotatable bonds is 5. The van der Waals surface area contributed by atoms with Crippen LogP contribution in [0.25, 0.3) is 0 Å². The third-order valence-electron chi connectivity index (χ3n) is 6.28. The van der Waals surface area contributed by atoms with Crippen LogP contribution >= 0.6 is 0 Å². The van der Waals surface area contributed by atoms with E-state index in [0.29, 0.717) is 19.6 Å². The van der Waals surface area contributed by atoms with E-state index in [1.807, 2.05) is 6.92 Å². The molecule has 2 fully saturated rings. The van der Waals surface area contributed by atoms with E-state index < -0.39 is 6.10 Å². The lowest BCUT2D eigenvalue weighted by Crippen LogP contribution is -2.43. The molecule has 0 radical (unpaired) electrons. The Bertz CT molecular complexity index is 880. The minimum absolute atomic E-state index is 0.0602. The van der Waals surface area contributed by atoms with Gasteiger partial charge in [0.25, 0.3) is 0 Å². The van der Waals surface area contributed by atoms with Crippen molar-refractivity contribution in [3.05, 3.63) is 59.2 Å². The van der Waals surface area contributed by atoms with Gasteiger partial charge in [0.15, 0.2) is 0 Å². The number of ether oxygens (including phenoxy) is 1. The van der Waals surface area contributed by atoms with Crippen molar-refractivity contribution >= 4 is 5.91 Å². The summed E-state index contributed by atoms with van der Waals surface area (Å²) in [4.78, 5) is 23.9. The normalized spacial score (nSPS) is 26.5. The molecule has 2 atom stereocenters. The first kappa shape index (κ1) is 17.8. The van der Waals surface area contributed by atoms with Crippen LogP contribution in [0, 0.1) is 12.8 Å². The molecule has 3 aliphatic rings. The number of benzene rings is 1. The predicted molar refractivity (Wildman–Crippen MR) is 104 cm³/mol. The molecule has 6 nitrogen and oxygen atoms in total. The standard InChI is InChI=1S/C22H26N4O2/c1-15-9-24-18(10-23-15)11-25-21(27)20-8-22(14-28-20)19-5-3-2-4-17(19)13-26(22)12-16-6-7-16/h2-5,9-10,16,20H,6-8,11-14H2,1H3,(H,25,27)/t20-,22-/m1/s1. The molecule has 1 aromatic heterocycles. The van der Waals surface area contributed by atoms with Crippen molar-refractivity contribution in [3.63, 3.8) is 0 Å². The monoisotopic (exact) mass is 378 g/mol. The zero-order chi connectivity index (χ0) is 19.1. The summed E-state index contributed by atoms with van der Waals surface area (Å²) in [5.41, 5.74) is 4.18. The van der Waals surface area contributed by atoms with E-state index in [1.165, 1.54) is 24.0 Å². The molecule has 1 spiro atoms. The van der Waals surface area contributed by atoms with Gasteiger partial charge in [-0.15, -0.1) is 0 Å². The van der Waals surface area contributed by atoms with Gasteiger partial charge in [0.2, 0.25) is 5.91 Å². The summed E-state index contributed by atoms with van der Waals surface area (Å²) in [6.07, 6.45) is 6.36. The second-order valence-corrected chi connectivity index (χ2v) is 8.38. The van der Waals surface area contributed by atoms with Crippen LogP contribution in [0.15, 0.2) is 36.7 Å². The molecule has 0 bridgehead atoms. The first-order chi connectivity index (χ1) is 13.6. The third-order valence-corrected chi connectivity index (χ3v) is 6.28. The first-order valence-corrected chi connectivity index (χ1v) is 10.1. The average molecular weight is 378 g/mol. The van der Waals surface area contributed by atoms with E-state index in [-0.39, 0.29) is 11.4 Å². The largest absolute Gasteiger partial charge is 0.366 e. The number of aromatic nitrogens is 2. The number of hydrogen-bond donors (Lipinski definition) is 1. The van der Waals surface area contributed by atoms with E-state index in [1.54, 1.807) is 12.4 Å². The van der Waals surface area contributed by atoms with Crippen LogP contribution < -0.4 is 5.32 Å². The van der Waals surface area contributed by atoms with Gasteiger partial charge in [0, 0.05) is 25.7 Å². The van der Waals surface area contributed by atoms with Crippen molar-refractivity contribution in [1.82, 2.24) is 20.2 Å². The highest BCUT2D eigenvalue weighted by Crippen LogP contribution is 2.48. The lowest BCUT2D eigenvalue weighted by molar-refractivity contribution is -0.130. The fourth-order valence-electron chi connectivity index (χ4n) is 4.53. The molecule has 1 aliphatic carbocycles. The molecule has 6 heteroatoms. The Morgan fingerprint density at radius 3 is 2.93 bits per heavy atom. The number of nitrogens with one attached hydrogen (secondary N) is 1. The summed E-state index contributed by atoms with van der Waals surface area (Å²) in [6.45, 7) is 4.92. The highest BCUT2D eigenvalue weighted by molar-refractivity contribution is 5.81. The maximum Gasteiger partial charge on any atom is 0.249 e. The number of carbonyl (C=O) groups is 1. The van der Waals surface area contributed by atoms with Crippen molar-refractivity contribution in [2.75, 3.05) is 13.2 Å². The summed E-state index contributed by atoms with van der Waals surface area (Å²) in [6, 6.07) is 8.64. The Hall–Kier alpha value is -2.31. The maximum atomic E-state index is 12.8. The number of aryl methyl sites for hydroxylation is 1. The summed E-state index contributed by atoms with van der Waals surface area (Å²) >= 11 is 0. The predicted octanol–water partition coefficient (Wildman–Crippen LogP) is 2.31. The van der Waals surface area contributed by atoms with Gasteiger partial charge in [-0.1, -0.05) is 24.3 Å². The van der Waals surface area contributed by atoms with Gasteiger partial charge in [-0.3, -0.25) is 19.7 Å². The van der Waals surface area contributed by atoms with Gasteiger partial charge < -0.3 is 10.1 Å². The van der Waals surface area contributed by atoms with Gasteiger partial charge in [-0.2, -0.15) is 0 Å². The SMILES string of the molecule is Cc1cnc(CNC(=O)[C@H]2C[C@@]3(CO2)c2ccccc2CN3CC2CC2)cn1. The summed E-state index contributed by atoms with van der Waals surface area (Å²) < 4.78 is 6.06. The summed E-state index contributed by atoms with van der Waals surface area (Å²) in [7, 11) is 0. The number of hydrogen-bond acceptors (Lipinski definition) is 5. The van der Waals surface area contributed by atoms with Crippen LogP contribution in [0.4, 0.5) is 0 Å². The molecule has 0 unspecified atom stereocenters. The van der Waals surface area contributed by atoms with Gasteiger partial charge in [-0.05, 0) is 36.8 Å². The van der Waals surface area contributed by atoms with Crippen LogP contribution in [0.2, 0.25) is 0 Å². The van der Waals surface area contributed by atoms with E-state index in [9.17, 15) is 4.79 Å². The zero-order valence-electron chi connectivity index (χ0n) is 16.2. The van der Waals surface area contributed by atoms with Crippen molar-refractivity contribution in [1.29, 1.82) is 0 Å². The minimum atomic E-state index is -0.425. The molecular formula is C22H26N4O2. The number of carbonyl (C=O) groups excluding carboxylic acids is 1. The van der Waals surface area contributed by atoms with Crippen molar-refractivity contribution < 1.29 is 9.53 Å². The summed E-state index contributed by atoms with van der Waals surface area (Å²) in [5.74, 6) is 0.745. The lowest BCUT2D eigenvalue weighted by atomic mass is 9.86. The molecule has 2 aliphatic heterocycles. The minimum Gasteiger partial charge on any atom is -0.366 e. The summed E-state index contributed by atoms with van der Waals surface area (Å²) in [5, 5.41) is 2.97. The molecule has 1 amide bonds. The Kier molecular flexibility index (Phi) is 4.40. The van der Waals surface area contributed by atoms with Crippen LogP contribution in [0.1, 0.15) is 41.8 Å². The van der Waals surface area contributed by atoms with Crippen LogP contribution in [0.3, 0.4) is 0 Å². The van der Waals surface area contributed by atoms with Gasteiger partial charge in [0.1, 0.15) is 6.10 Å². The molecule has 3 heterocycles. The molecule has 1 N–H and O–H groups in total. The molecule has 2 aromatic rings. The Balaban J connectivity index is 1.30. The second-order valence-electron chi connectivity index (χ2n) is 8.38. The smallest absolute Gasteiger partial charge is 0.249 e. The van der Waals surface area contributed by atoms with Gasteiger partial charge in [0.05, 0.1) is 36.3 Å².